The summed E-state index contributed by atoms with van der Waals surface area (Å²) in [6.45, 7) is -0.0980. The summed E-state index contributed by atoms with van der Waals surface area (Å²) in [5.41, 5.74) is 1.07. The molecule has 4 amide bonds. The molecule has 11 heteroatoms. The van der Waals surface area contributed by atoms with Crippen LogP contribution in [0.4, 0.5) is 16.2 Å². The van der Waals surface area contributed by atoms with Crippen LogP contribution in [0.3, 0.4) is 0 Å². The Morgan fingerprint density at radius 3 is 2.27 bits per heavy atom. The largest absolute Gasteiger partial charge is 0.329 e. The highest BCUT2D eigenvalue weighted by Gasteiger charge is 2.28. The van der Waals surface area contributed by atoms with Crippen LogP contribution >= 0.6 is 0 Å². The summed E-state index contributed by atoms with van der Waals surface area (Å²) in [4.78, 5) is 35.9. The lowest BCUT2D eigenvalue weighted by Crippen LogP contribution is -2.33. The number of urea groups is 1. The zero-order chi connectivity index (χ0) is 21.7. The molecule has 0 spiro atoms. The van der Waals surface area contributed by atoms with E-state index >= 15 is 0 Å². The molecule has 0 aromatic heterocycles. The molecule has 2 aromatic rings. The molecule has 0 bridgehead atoms. The van der Waals surface area contributed by atoms with Crippen LogP contribution in [-0.2, 0) is 19.6 Å². The first kappa shape index (κ1) is 20.8. The molecule has 1 heterocycles. The number of benzene rings is 2. The van der Waals surface area contributed by atoms with Gasteiger partial charge in [-0.3, -0.25) is 19.2 Å². The Kier molecular flexibility index (Phi) is 5.98. The number of imide groups is 1. The maximum absolute atomic E-state index is 12.4. The average Bonchev–Trinajstić information content (AvgIpc) is 3.05. The molecule has 10 nitrogen and oxygen atoms in total. The topological polar surface area (TPSA) is 148 Å². The van der Waals surface area contributed by atoms with Gasteiger partial charge in [-0.2, -0.15) is 5.26 Å². The number of hydrogen-bond donors (Lipinski definition) is 3. The van der Waals surface area contributed by atoms with Crippen LogP contribution in [0.1, 0.15) is 12.0 Å². The van der Waals surface area contributed by atoms with Crippen molar-refractivity contribution < 1.29 is 22.8 Å². The molecule has 0 aliphatic carbocycles. The Hall–Kier alpha value is -3.91. The number of carbonyl (C=O) groups excluding carboxylic acids is 3. The van der Waals surface area contributed by atoms with Gasteiger partial charge in [-0.05, 0) is 48.5 Å². The van der Waals surface area contributed by atoms with E-state index in [1.165, 1.54) is 48.5 Å². The summed E-state index contributed by atoms with van der Waals surface area (Å²) >= 11 is 0. The summed E-state index contributed by atoms with van der Waals surface area (Å²) in [7, 11) is -3.82. The maximum atomic E-state index is 12.4. The van der Waals surface area contributed by atoms with Gasteiger partial charge in [-0.15, -0.1) is 0 Å². The molecule has 3 rings (SSSR count). The van der Waals surface area contributed by atoms with Crippen molar-refractivity contribution in [2.24, 2.45) is 0 Å². The highest BCUT2D eigenvalue weighted by atomic mass is 32.2. The van der Waals surface area contributed by atoms with Crippen LogP contribution < -0.4 is 15.4 Å². The quantitative estimate of drug-likeness (QED) is 0.566. The molecule has 3 N–H and O–H groups in total. The Morgan fingerprint density at radius 1 is 1.07 bits per heavy atom. The molecule has 30 heavy (non-hydrogen) atoms. The minimum Gasteiger partial charge on any atom is -0.329 e. The van der Waals surface area contributed by atoms with Gasteiger partial charge in [0.2, 0.25) is 11.8 Å². The highest BCUT2D eigenvalue weighted by Crippen LogP contribution is 2.19. The van der Waals surface area contributed by atoms with E-state index in [4.69, 9.17) is 5.26 Å². The van der Waals surface area contributed by atoms with E-state index in [0.717, 1.165) is 4.90 Å². The van der Waals surface area contributed by atoms with Crippen molar-refractivity contribution in [3.63, 3.8) is 0 Å². The van der Waals surface area contributed by atoms with E-state index in [1.54, 1.807) is 0 Å². The summed E-state index contributed by atoms with van der Waals surface area (Å²) in [6.07, 6.45) is -0.0633. The van der Waals surface area contributed by atoms with Crippen molar-refractivity contribution in [3.05, 3.63) is 54.1 Å². The fourth-order valence-electron chi connectivity index (χ4n) is 2.66. The second-order valence-electron chi connectivity index (χ2n) is 6.32. The number of nitrogens with one attached hydrogen (secondary N) is 3. The molecule has 0 unspecified atom stereocenters. The first-order chi connectivity index (χ1) is 14.3. The molecule has 1 aliphatic heterocycles. The zero-order valence-corrected chi connectivity index (χ0v) is 16.4. The van der Waals surface area contributed by atoms with Crippen molar-refractivity contribution in [1.82, 2.24) is 10.2 Å². The molecule has 154 valence electrons. The van der Waals surface area contributed by atoms with Crippen LogP contribution in [0.5, 0.6) is 0 Å². The Balaban J connectivity index is 1.56. The number of anilines is 2. The fourth-order valence-corrected chi connectivity index (χ4v) is 3.72. The van der Waals surface area contributed by atoms with Gasteiger partial charge in [-0.1, -0.05) is 0 Å². The van der Waals surface area contributed by atoms with Crippen LogP contribution in [0, 0.1) is 11.3 Å². The maximum Gasteiger partial charge on any atom is 0.324 e. The van der Waals surface area contributed by atoms with Crippen molar-refractivity contribution in [2.75, 3.05) is 23.1 Å². The lowest BCUT2D eigenvalue weighted by molar-refractivity contribution is -0.125. The summed E-state index contributed by atoms with van der Waals surface area (Å²) in [5, 5.41) is 13.8. The van der Waals surface area contributed by atoms with Gasteiger partial charge >= 0.3 is 6.03 Å². The van der Waals surface area contributed by atoms with Crippen molar-refractivity contribution in [2.45, 2.75) is 11.3 Å². The summed E-state index contributed by atoms with van der Waals surface area (Å²) in [6, 6.07) is 12.9. The van der Waals surface area contributed by atoms with E-state index in [9.17, 15) is 22.8 Å². The van der Waals surface area contributed by atoms with Gasteiger partial charge in [-0.25, -0.2) is 13.2 Å². The molecule has 1 fully saturated rings. The molecule has 1 saturated heterocycles. The number of amides is 4. The molecule has 0 radical (unpaired) electrons. The number of nitrogens with zero attached hydrogens (tertiary/aromatic N) is 2. The third kappa shape index (κ3) is 4.92. The Labute approximate surface area is 172 Å². The predicted molar refractivity (Wildman–Crippen MR) is 107 cm³/mol. The fraction of sp³-hybridized carbons (Fsp3) is 0.158. The Morgan fingerprint density at radius 2 is 1.70 bits per heavy atom. The summed E-state index contributed by atoms with van der Waals surface area (Å²) < 4.78 is 27.2. The lowest BCUT2D eigenvalue weighted by atomic mass is 10.2. The first-order valence-electron chi connectivity index (χ1n) is 8.79. The van der Waals surface area contributed by atoms with E-state index in [0.29, 0.717) is 11.3 Å². The van der Waals surface area contributed by atoms with E-state index in [2.05, 4.69) is 15.4 Å². The van der Waals surface area contributed by atoms with Gasteiger partial charge < -0.3 is 10.6 Å². The number of rotatable bonds is 7. The van der Waals surface area contributed by atoms with Gasteiger partial charge in [0.25, 0.3) is 10.0 Å². The summed E-state index contributed by atoms with van der Waals surface area (Å²) in [5.74, 6) is -0.778. The molecular formula is C19H17N5O5S. The van der Waals surface area contributed by atoms with E-state index in [1.807, 2.05) is 6.07 Å². The number of carbonyl (C=O) groups is 3. The Bertz CT molecular complexity index is 1110. The van der Waals surface area contributed by atoms with Crippen LogP contribution in [-0.4, -0.2) is 44.3 Å². The number of sulfonamides is 1. The third-order valence-corrected chi connectivity index (χ3v) is 5.61. The first-order valence-corrected chi connectivity index (χ1v) is 10.3. The van der Waals surface area contributed by atoms with Gasteiger partial charge in [0.1, 0.15) is 0 Å². The third-order valence-electron chi connectivity index (χ3n) is 4.21. The molecule has 0 saturated carbocycles. The van der Waals surface area contributed by atoms with Crippen molar-refractivity contribution in [1.29, 1.82) is 5.26 Å². The number of nitriles is 1. The molecule has 1 aliphatic rings. The second-order valence-corrected chi connectivity index (χ2v) is 8.00. The second kappa shape index (κ2) is 8.62. The molecular weight excluding hydrogens is 410 g/mol. The van der Waals surface area contributed by atoms with Gasteiger partial charge in [0.05, 0.1) is 23.1 Å². The van der Waals surface area contributed by atoms with Crippen molar-refractivity contribution >= 4 is 39.2 Å². The minimum atomic E-state index is -3.82. The standard InChI is InChI=1S/C19H17N5O5S/c20-11-13-1-7-16(8-2-13)30(28,29)23-15-5-3-14(4-6-15)22-17(25)9-10-24-18(26)12-21-19(24)27/h1-8,23H,9-10,12H2,(H,21,27)(H,22,25). The monoisotopic (exact) mass is 427 g/mol. The van der Waals surface area contributed by atoms with Crippen LogP contribution in [0.2, 0.25) is 0 Å². The average molecular weight is 427 g/mol. The van der Waals surface area contributed by atoms with Crippen molar-refractivity contribution in [3.8, 4) is 6.07 Å². The van der Waals surface area contributed by atoms with Gasteiger partial charge in [0, 0.05) is 24.3 Å². The van der Waals surface area contributed by atoms with E-state index < -0.39 is 22.0 Å². The predicted octanol–water partition coefficient (Wildman–Crippen LogP) is 1.24. The van der Waals surface area contributed by atoms with Crippen LogP contribution in [0.25, 0.3) is 0 Å². The van der Waals surface area contributed by atoms with Gasteiger partial charge in [0.15, 0.2) is 0 Å². The molecule has 2 aromatic carbocycles. The molecule has 0 atom stereocenters. The number of hydrogen-bond acceptors (Lipinski definition) is 6. The highest BCUT2D eigenvalue weighted by molar-refractivity contribution is 7.92. The SMILES string of the molecule is N#Cc1ccc(S(=O)(=O)Nc2ccc(NC(=O)CCN3C(=O)CNC3=O)cc2)cc1. The van der Waals surface area contributed by atoms with Crippen LogP contribution in [0.15, 0.2) is 53.4 Å². The normalized spacial score (nSPS) is 13.5. The minimum absolute atomic E-state index is 0.0133. The smallest absolute Gasteiger partial charge is 0.324 e. The van der Waals surface area contributed by atoms with E-state index in [-0.39, 0.29) is 36.0 Å². The lowest BCUT2D eigenvalue weighted by Gasteiger charge is -2.12. The zero-order valence-electron chi connectivity index (χ0n) is 15.6.